The number of aliphatic hydroxyl groups is 1. The summed E-state index contributed by atoms with van der Waals surface area (Å²) >= 11 is 0. The Bertz CT molecular complexity index is 493. The minimum Gasteiger partial charge on any atom is -0.396 e. The van der Waals surface area contributed by atoms with Gasteiger partial charge in [0.25, 0.3) is 0 Å². The second-order valence-corrected chi connectivity index (χ2v) is 4.82. The van der Waals surface area contributed by atoms with E-state index in [1.54, 1.807) is 6.33 Å². The van der Waals surface area contributed by atoms with Crippen LogP contribution in [0.1, 0.15) is 20.3 Å². The minimum absolute atomic E-state index is 0.0763. The monoisotopic (exact) mass is 235 g/mol. The highest BCUT2D eigenvalue weighted by Gasteiger charge is 2.16. The third-order valence-corrected chi connectivity index (χ3v) is 2.75. The molecule has 0 saturated carbocycles. The number of aromatic nitrogens is 4. The van der Waals surface area contributed by atoms with Crippen LogP contribution in [0.4, 0.5) is 5.82 Å². The Hall–Kier alpha value is -1.69. The van der Waals surface area contributed by atoms with E-state index in [-0.39, 0.29) is 12.0 Å². The van der Waals surface area contributed by atoms with Gasteiger partial charge in [-0.25, -0.2) is 15.0 Å². The molecule has 0 radical (unpaired) electrons. The van der Waals surface area contributed by atoms with Crippen LogP contribution in [0, 0.1) is 5.41 Å². The number of nitrogens with zero attached hydrogens (tertiary/aromatic N) is 3. The van der Waals surface area contributed by atoms with Gasteiger partial charge in [0, 0.05) is 13.2 Å². The van der Waals surface area contributed by atoms with E-state index in [1.165, 1.54) is 6.33 Å². The second-order valence-electron chi connectivity index (χ2n) is 4.82. The third kappa shape index (κ3) is 2.71. The molecule has 0 fully saturated rings. The van der Waals surface area contributed by atoms with Crippen LogP contribution in [0.2, 0.25) is 0 Å². The number of rotatable bonds is 5. The molecule has 0 aliphatic heterocycles. The first-order chi connectivity index (χ1) is 8.12. The normalized spacial score (nSPS) is 11.9. The Balaban J connectivity index is 2.02. The molecule has 0 aliphatic rings. The van der Waals surface area contributed by atoms with E-state index >= 15 is 0 Å². The number of aromatic amines is 1. The van der Waals surface area contributed by atoms with Gasteiger partial charge in [-0.15, -0.1) is 0 Å². The minimum atomic E-state index is -0.0763. The van der Waals surface area contributed by atoms with Gasteiger partial charge in [0.2, 0.25) is 0 Å². The highest BCUT2D eigenvalue weighted by atomic mass is 16.3. The predicted octanol–water partition coefficient (Wildman–Crippen LogP) is 1.17. The van der Waals surface area contributed by atoms with Gasteiger partial charge in [-0.05, 0) is 11.8 Å². The number of hydrogen-bond acceptors (Lipinski definition) is 5. The standard InChI is InChI=1S/C11H17N5O/c1-11(2,5-17)3-4-12-9-8-10(14-6-13-8)16-7-15-9/h6-7,17H,3-5H2,1-2H3,(H2,12,13,14,15,16). The van der Waals surface area contributed by atoms with Crippen LogP contribution in [0.25, 0.3) is 11.2 Å². The van der Waals surface area contributed by atoms with Crippen molar-refractivity contribution in [3.63, 3.8) is 0 Å². The third-order valence-electron chi connectivity index (χ3n) is 2.75. The molecule has 0 aromatic carbocycles. The summed E-state index contributed by atoms with van der Waals surface area (Å²) in [7, 11) is 0. The van der Waals surface area contributed by atoms with Crippen molar-refractivity contribution in [3.8, 4) is 0 Å². The van der Waals surface area contributed by atoms with Crippen molar-refractivity contribution in [1.82, 2.24) is 19.9 Å². The molecule has 0 saturated heterocycles. The summed E-state index contributed by atoms with van der Waals surface area (Å²) in [5.74, 6) is 0.751. The van der Waals surface area contributed by atoms with Gasteiger partial charge in [0.1, 0.15) is 11.8 Å². The lowest BCUT2D eigenvalue weighted by Crippen LogP contribution is -2.21. The Labute approximate surface area is 99.5 Å². The molecule has 2 heterocycles. The molecule has 17 heavy (non-hydrogen) atoms. The summed E-state index contributed by atoms with van der Waals surface area (Å²) in [6.45, 7) is 4.98. The van der Waals surface area contributed by atoms with Crippen LogP contribution >= 0.6 is 0 Å². The highest BCUT2D eigenvalue weighted by molar-refractivity contribution is 5.81. The van der Waals surface area contributed by atoms with Gasteiger partial charge in [0.05, 0.1) is 6.33 Å². The number of hydrogen-bond donors (Lipinski definition) is 3. The maximum absolute atomic E-state index is 9.16. The van der Waals surface area contributed by atoms with Crippen molar-refractivity contribution in [3.05, 3.63) is 12.7 Å². The van der Waals surface area contributed by atoms with Gasteiger partial charge in [0.15, 0.2) is 11.5 Å². The molecule has 2 aromatic heterocycles. The molecule has 92 valence electrons. The summed E-state index contributed by atoms with van der Waals surface area (Å²) in [5, 5.41) is 12.4. The number of nitrogens with one attached hydrogen (secondary N) is 2. The fourth-order valence-electron chi connectivity index (χ4n) is 1.50. The highest BCUT2D eigenvalue weighted by Crippen LogP contribution is 2.20. The van der Waals surface area contributed by atoms with E-state index in [0.717, 1.165) is 24.3 Å². The number of imidazole rings is 1. The summed E-state index contributed by atoms with van der Waals surface area (Å²) in [5.41, 5.74) is 1.39. The number of aliphatic hydroxyl groups excluding tert-OH is 1. The first-order valence-corrected chi connectivity index (χ1v) is 5.61. The number of H-pyrrole nitrogens is 1. The van der Waals surface area contributed by atoms with Gasteiger partial charge in [-0.3, -0.25) is 0 Å². The van der Waals surface area contributed by atoms with Crippen LogP contribution in [-0.4, -0.2) is 38.2 Å². The van der Waals surface area contributed by atoms with Crippen LogP contribution in [0.3, 0.4) is 0 Å². The number of fused-ring (bicyclic) bond motifs is 1. The van der Waals surface area contributed by atoms with Crippen LogP contribution in [0.15, 0.2) is 12.7 Å². The molecule has 0 unspecified atom stereocenters. The Morgan fingerprint density at radius 3 is 2.94 bits per heavy atom. The smallest absolute Gasteiger partial charge is 0.182 e. The van der Waals surface area contributed by atoms with E-state index in [2.05, 4.69) is 25.3 Å². The van der Waals surface area contributed by atoms with Crippen molar-refractivity contribution >= 4 is 17.0 Å². The van der Waals surface area contributed by atoms with Crippen molar-refractivity contribution < 1.29 is 5.11 Å². The lowest BCUT2D eigenvalue weighted by molar-refractivity contribution is 0.154. The second kappa shape index (κ2) is 4.67. The molecule has 3 N–H and O–H groups in total. The topological polar surface area (TPSA) is 86.7 Å². The maximum Gasteiger partial charge on any atom is 0.182 e. The SMILES string of the molecule is CC(C)(CO)CCNc1ncnc2nc[nH]c12. The van der Waals surface area contributed by atoms with E-state index in [4.69, 9.17) is 5.11 Å². The first kappa shape index (κ1) is 11.8. The van der Waals surface area contributed by atoms with E-state index in [0.29, 0.717) is 5.65 Å². The van der Waals surface area contributed by atoms with Gasteiger partial charge < -0.3 is 15.4 Å². The first-order valence-electron chi connectivity index (χ1n) is 5.61. The lowest BCUT2D eigenvalue weighted by atomic mass is 9.91. The zero-order valence-corrected chi connectivity index (χ0v) is 10.1. The molecule has 2 rings (SSSR count). The molecule has 0 spiro atoms. The van der Waals surface area contributed by atoms with Crippen molar-refractivity contribution in [2.45, 2.75) is 20.3 Å². The average molecular weight is 235 g/mol. The zero-order chi connectivity index (χ0) is 12.3. The molecule has 0 bridgehead atoms. The summed E-state index contributed by atoms with van der Waals surface area (Å²) in [4.78, 5) is 15.3. The molecule has 0 amide bonds. The van der Waals surface area contributed by atoms with Crippen LogP contribution < -0.4 is 5.32 Å². The fourth-order valence-corrected chi connectivity index (χ4v) is 1.50. The zero-order valence-electron chi connectivity index (χ0n) is 10.1. The summed E-state index contributed by atoms with van der Waals surface area (Å²) < 4.78 is 0. The molecule has 0 atom stereocenters. The summed E-state index contributed by atoms with van der Waals surface area (Å²) in [6, 6.07) is 0. The van der Waals surface area contributed by atoms with Crippen LogP contribution in [-0.2, 0) is 0 Å². The molecular weight excluding hydrogens is 218 g/mol. The maximum atomic E-state index is 9.16. The van der Waals surface area contributed by atoms with E-state index in [1.807, 2.05) is 13.8 Å². The van der Waals surface area contributed by atoms with Crippen molar-refractivity contribution in [2.75, 3.05) is 18.5 Å². The molecule has 6 nitrogen and oxygen atoms in total. The van der Waals surface area contributed by atoms with Crippen molar-refractivity contribution in [1.29, 1.82) is 0 Å². The molecule has 0 aliphatic carbocycles. The van der Waals surface area contributed by atoms with Crippen LogP contribution in [0.5, 0.6) is 0 Å². The van der Waals surface area contributed by atoms with E-state index in [9.17, 15) is 0 Å². The predicted molar refractivity (Wildman–Crippen MR) is 65.7 cm³/mol. The quantitative estimate of drug-likeness (QED) is 0.724. The van der Waals surface area contributed by atoms with E-state index < -0.39 is 0 Å². The molecular formula is C11H17N5O. The Morgan fingerprint density at radius 1 is 1.35 bits per heavy atom. The van der Waals surface area contributed by atoms with Gasteiger partial charge in [-0.2, -0.15) is 0 Å². The fraction of sp³-hybridized carbons (Fsp3) is 0.545. The van der Waals surface area contributed by atoms with Gasteiger partial charge >= 0.3 is 0 Å². The summed E-state index contributed by atoms with van der Waals surface area (Å²) in [6.07, 6.45) is 3.95. The largest absolute Gasteiger partial charge is 0.396 e. The molecule has 6 heteroatoms. The van der Waals surface area contributed by atoms with Crippen molar-refractivity contribution in [2.24, 2.45) is 5.41 Å². The Morgan fingerprint density at radius 2 is 2.18 bits per heavy atom. The molecule has 2 aromatic rings. The average Bonchev–Trinajstić information content (AvgIpc) is 2.78. The Kier molecular flexibility index (Phi) is 3.23. The van der Waals surface area contributed by atoms with Gasteiger partial charge in [-0.1, -0.05) is 13.8 Å². The number of anilines is 1. The lowest BCUT2D eigenvalue weighted by Gasteiger charge is -2.21.